The van der Waals surface area contributed by atoms with Crippen LogP contribution in [0.4, 0.5) is 0 Å². The Balaban J connectivity index is 3.26. The van der Waals surface area contributed by atoms with Crippen LogP contribution in [0.2, 0.25) is 0 Å². The molecule has 0 amide bonds. The first kappa shape index (κ1) is 12.6. The van der Waals surface area contributed by atoms with E-state index >= 15 is 0 Å². The molecule has 4 heteroatoms. The summed E-state index contributed by atoms with van der Waals surface area (Å²) in [6.45, 7) is 5.69. The normalized spacial score (nSPS) is 11.2. The first-order chi connectivity index (χ1) is 6.18. The Labute approximate surface area is 86.4 Å². The monoisotopic (exact) mass is 218 g/mol. The van der Waals surface area contributed by atoms with Gasteiger partial charge in [-0.25, -0.2) is 15.6 Å². The second-order valence-corrected chi connectivity index (χ2v) is 5.28. The zero-order valence-electron chi connectivity index (χ0n) is 8.38. The highest BCUT2D eigenvalue weighted by atomic mass is 32.3. The van der Waals surface area contributed by atoms with Gasteiger partial charge in [0.2, 0.25) is 0 Å². The molecule has 0 fully saturated rings. The van der Waals surface area contributed by atoms with Gasteiger partial charge in [0.25, 0.3) is 0 Å². The highest BCUT2D eigenvalue weighted by Gasteiger charge is 2.00. The number of rotatable bonds is 6. The average Bonchev–Trinajstić information content (AvgIpc) is 2.10. The third-order valence-electron chi connectivity index (χ3n) is 1.49. The molecule has 0 N–H and O–H groups in total. The van der Waals surface area contributed by atoms with E-state index in [1.54, 1.807) is 6.92 Å². The van der Waals surface area contributed by atoms with Gasteiger partial charge in [0.15, 0.2) is 0 Å². The fraction of sp³-hybridized carbons (Fsp3) is 0.556. The summed E-state index contributed by atoms with van der Waals surface area (Å²) in [6.07, 6.45) is 3.20. The van der Waals surface area contributed by atoms with E-state index in [0.717, 1.165) is 19.3 Å². The summed E-state index contributed by atoms with van der Waals surface area (Å²) < 4.78 is 4.94. The van der Waals surface area contributed by atoms with Crippen molar-refractivity contribution in [1.29, 1.82) is 0 Å². The molecular formula is C9H18O2SSi. The number of carbonyl (C=O) groups excluding carboxylic acids is 1. The SMILES string of the molecule is C=C(C)C(=O)OCCCCC=[SH][SiH3]. The molecule has 0 rings (SSSR count). The number of hydrogen-bond acceptors (Lipinski definition) is 2. The van der Waals surface area contributed by atoms with E-state index < -0.39 is 0 Å². The first-order valence-electron chi connectivity index (χ1n) is 4.41. The molecule has 0 aromatic heterocycles. The van der Waals surface area contributed by atoms with Gasteiger partial charge in [-0.3, -0.25) is 0 Å². The molecule has 0 spiro atoms. The minimum atomic E-state index is -0.273. The van der Waals surface area contributed by atoms with Gasteiger partial charge in [-0.1, -0.05) is 11.9 Å². The summed E-state index contributed by atoms with van der Waals surface area (Å²) in [7, 11) is 2.68. The molecule has 0 aromatic carbocycles. The lowest BCUT2D eigenvalue weighted by atomic mass is 10.3. The van der Waals surface area contributed by atoms with Crippen molar-refractivity contribution in [2.45, 2.75) is 26.2 Å². The van der Waals surface area contributed by atoms with Crippen molar-refractivity contribution >= 4 is 31.5 Å². The summed E-state index contributed by atoms with van der Waals surface area (Å²) in [5.74, 6) is -0.273. The second kappa shape index (κ2) is 8.25. The summed E-state index contributed by atoms with van der Waals surface area (Å²) in [5.41, 5.74) is 0.477. The smallest absolute Gasteiger partial charge is 0.333 e. The molecule has 0 unspecified atom stereocenters. The lowest BCUT2D eigenvalue weighted by molar-refractivity contribution is -0.139. The fourth-order valence-electron chi connectivity index (χ4n) is 0.755. The second-order valence-electron chi connectivity index (χ2n) is 2.85. The summed E-state index contributed by atoms with van der Waals surface area (Å²) in [6, 6.07) is 0. The largest absolute Gasteiger partial charge is 0.462 e. The van der Waals surface area contributed by atoms with Crippen molar-refractivity contribution in [2.75, 3.05) is 6.61 Å². The average molecular weight is 218 g/mol. The quantitative estimate of drug-likeness (QED) is 0.178. The Hall–Kier alpha value is -0.353. The van der Waals surface area contributed by atoms with Crippen LogP contribution in [0.5, 0.6) is 0 Å². The molecule has 0 aliphatic carbocycles. The van der Waals surface area contributed by atoms with Crippen molar-refractivity contribution in [3.63, 3.8) is 0 Å². The third kappa shape index (κ3) is 7.99. The van der Waals surface area contributed by atoms with E-state index in [1.807, 2.05) is 0 Å². The van der Waals surface area contributed by atoms with Crippen LogP contribution in [-0.4, -0.2) is 27.3 Å². The van der Waals surface area contributed by atoms with Crippen molar-refractivity contribution in [3.8, 4) is 0 Å². The van der Waals surface area contributed by atoms with Gasteiger partial charge >= 0.3 is 5.97 Å². The molecule has 2 nitrogen and oxygen atoms in total. The Kier molecular flexibility index (Phi) is 8.03. The highest BCUT2D eigenvalue weighted by Crippen LogP contribution is 1.97. The maximum atomic E-state index is 10.9. The van der Waals surface area contributed by atoms with Gasteiger partial charge in [0.05, 0.1) is 16.0 Å². The van der Waals surface area contributed by atoms with E-state index in [9.17, 15) is 4.79 Å². The lowest BCUT2D eigenvalue weighted by Crippen LogP contribution is -2.05. The van der Waals surface area contributed by atoms with E-state index in [2.05, 4.69) is 11.9 Å². The summed E-state index contributed by atoms with van der Waals surface area (Å²) in [4.78, 5) is 10.9. The molecule has 0 saturated carbocycles. The van der Waals surface area contributed by atoms with Gasteiger partial charge < -0.3 is 4.74 Å². The molecule has 76 valence electrons. The number of unbranched alkanes of at least 4 members (excludes halogenated alkanes) is 2. The molecular weight excluding hydrogens is 200 g/mol. The van der Waals surface area contributed by atoms with E-state index in [4.69, 9.17) is 4.74 Å². The number of thiol groups is 1. The zero-order valence-corrected chi connectivity index (χ0v) is 11.3. The van der Waals surface area contributed by atoms with E-state index in [-0.39, 0.29) is 5.97 Å². The van der Waals surface area contributed by atoms with Crippen molar-refractivity contribution in [2.24, 2.45) is 0 Å². The zero-order chi connectivity index (χ0) is 10.1. The van der Waals surface area contributed by atoms with Crippen LogP contribution >= 0.6 is 10.8 Å². The number of hydrogen-bond donors (Lipinski definition) is 1. The molecule has 0 atom stereocenters. The van der Waals surface area contributed by atoms with Crippen molar-refractivity contribution in [3.05, 3.63) is 12.2 Å². The Morgan fingerprint density at radius 2 is 2.31 bits per heavy atom. The first-order valence-corrected chi connectivity index (χ1v) is 8.51. The van der Waals surface area contributed by atoms with Crippen LogP contribution in [0.3, 0.4) is 0 Å². The van der Waals surface area contributed by atoms with Gasteiger partial charge in [-0.15, -0.1) is 0 Å². The summed E-state index contributed by atoms with van der Waals surface area (Å²) in [5, 5.41) is 2.27. The van der Waals surface area contributed by atoms with Crippen molar-refractivity contribution in [1.82, 2.24) is 0 Å². The topological polar surface area (TPSA) is 26.3 Å². The molecule has 0 aliphatic heterocycles. The van der Waals surface area contributed by atoms with E-state index in [0.29, 0.717) is 12.2 Å². The number of esters is 1. The standard InChI is InChI=1S/C9H18O2SSi/c1-8(2)9(10)11-6-4-3-5-7-12-13/h7,12H,1,3-6H2,2,13H3. The maximum Gasteiger partial charge on any atom is 0.333 e. The molecule has 0 bridgehead atoms. The molecule has 0 aliphatic rings. The van der Waals surface area contributed by atoms with Crippen LogP contribution in [0.25, 0.3) is 0 Å². The Bertz CT molecular complexity index is 202. The van der Waals surface area contributed by atoms with Crippen LogP contribution < -0.4 is 0 Å². The van der Waals surface area contributed by atoms with Gasteiger partial charge in [-0.05, 0) is 26.2 Å². The maximum absolute atomic E-state index is 10.9. The van der Waals surface area contributed by atoms with Crippen LogP contribution in [-0.2, 0) is 9.53 Å². The van der Waals surface area contributed by atoms with Gasteiger partial charge in [-0.2, -0.15) is 0 Å². The van der Waals surface area contributed by atoms with Crippen LogP contribution in [0, 0.1) is 0 Å². The number of ether oxygens (including phenoxy) is 1. The fourth-order valence-corrected chi connectivity index (χ4v) is 1.97. The van der Waals surface area contributed by atoms with E-state index in [1.165, 1.54) is 20.2 Å². The molecule has 0 heterocycles. The third-order valence-corrected chi connectivity index (χ3v) is 3.21. The van der Waals surface area contributed by atoms with Crippen LogP contribution in [0.1, 0.15) is 26.2 Å². The molecule has 0 saturated heterocycles. The Morgan fingerprint density at radius 1 is 1.62 bits per heavy atom. The van der Waals surface area contributed by atoms with Crippen molar-refractivity contribution < 1.29 is 9.53 Å². The predicted octanol–water partition coefficient (Wildman–Crippen LogP) is 0.824. The highest BCUT2D eigenvalue weighted by molar-refractivity contribution is 8.17. The van der Waals surface area contributed by atoms with Gasteiger partial charge in [0, 0.05) is 5.57 Å². The molecule has 13 heavy (non-hydrogen) atoms. The van der Waals surface area contributed by atoms with Crippen LogP contribution in [0.15, 0.2) is 12.2 Å². The minimum absolute atomic E-state index is 0.273. The van der Waals surface area contributed by atoms with Gasteiger partial charge in [0.1, 0.15) is 0 Å². The minimum Gasteiger partial charge on any atom is -0.462 e. The Morgan fingerprint density at radius 3 is 2.85 bits per heavy atom. The molecule has 0 aromatic rings. The number of carbonyl (C=O) groups is 1. The summed E-state index contributed by atoms with van der Waals surface area (Å²) >= 11 is 0. The predicted molar refractivity (Wildman–Crippen MR) is 64.6 cm³/mol. The lowest BCUT2D eigenvalue weighted by Gasteiger charge is -2.02. The molecule has 0 radical (unpaired) electrons.